The molecule has 0 amide bonds. The molecular formula is C6H13O3P. The third-order valence-electron chi connectivity index (χ3n) is 1.04. The fourth-order valence-electron chi connectivity index (χ4n) is 0.385. The maximum atomic E-state index is 10.9. The van der Waals surface area contributed by atoms with Crippen molar-refractivity contribution < 1.29 is 14.2 Å². The molecule has 0 aliphatic carbocycles. The number of rotatable bonds is 5. The molecule has 0 saturated heterocycles. The van der Waals surface area contributed by atoms with Gasteiger partial charge in [0.05, 0.1) is 13.2 Å². The van der Waals surface area contributed by atoms with Crippen LogP contribution in [0.3, 0.4) is 0 Å². The summed E-state index contributed by atoms with van der Waals surface area (Å²) in [5, 5.41) is 8.92. The highest BCUT2D eigenvalue weighted by Crippen LogP contribution is 2.33. The Morgan fingerprint density at radius 1 is 1.80 bits per heavy atom. The fraction of sp³-hybridized carbons (Fsp3) is 0.667. The van der Waals surface area contributed by atoms with Gasteiger partial charge in [-0.15, -0.1) is 0 Å². The second-order valence-corrected chi connectivity index (χ2v) is 3.39. The van der Waals surface area contributed by atoms with Gasteiger partial charge < -0.3 is 9.63 Å². The van der Waals surface area contributed by atoms with E-state index in [1.807, 2.05) is 6.92 Å². The zero-order chi connectivity index (χ0) is 7.98. The van der Waals surface area contributed by atoms with Crippen LogP contribution in [0.15, 0.2) is 11.9 Å². The standard InChI is InChI=1S/C6H13O3P/c1-3-6(2)10(8)9-5-4-7/h7,10H,2-5H2,1H3. The first-order chi connectivity index (χ1) is 4.72. The molecule has 0 heterocycles. The van der Waals surface area contributed by atoms with E-state index in [-0.39, 0.29) is 13.2 Å². The largest absolute Gasteiger partial charge is 0.394 e. The maximum Gasteiger partial charge on any atom is 0.216 e. The van der Waals surface area contributed by atoms with Crippen LogP contribution < -0.4 is 0 Å². The summed E-state index contributed by atoms with van der Waals surface area (Å²) in [6, 6.07) is 0. The van der Waals surface area contributed by atoms with Gasteiger partial charge in [-0.3, -0.25) is 4.57 Å². The molecule has 1 atom stereocenters. The Morgan fingerprint density at radius 3 is 2.80 bits per heavy atom. The van der Waals surface area contributed by atoms with E-state index >= 15 is 0 Å². The molecule has 0 aromatic heterocycles. The zero-order valence-corrected chi connectivity index (χ0v) is 7.09. The number of hydrogen-bond donors (Lipinski definition) is 1. The highest BCUT2D eigenvalue weighted by atomic mass is 31.1. The molecule has 0 rings (SSSR count). The molecule has 0 aliphatic rings. The van der Waals surface area contributed by atoms with Gasteiger partial charge in [-0.25, -0.2) is 0 Å². The molecule has 4 heteroatoms. The Hall–Kier alpha value is -0.110. The molecule has 0 radical (unpaired) electrons. The van der Waals surface area contributed by atoms with Gasteiger partial charge in [-0.05, 0) is 6.42 Å². The van der Waals surface area contributed by atoms with Crippen LogP contribution in [-0.4, -0.2) is 18.3 Å². The van der Waals surface area contributed by atoms with E-state index in [1.54, 1.807) is 0 Å². The summed E-state index contributed by atoms with van der Waals surface area (Å²) in [5.41, 5.74) is 0. The Labute approximate surface area is 61.6 Å². The lowest BCUT2D eigenvalue weighted by Gasteiger charge is -2.01. The zero-order valence-electron chi connectivity index (χ0n) is 6.09. The molecule has 0 fully saturated rings. The van der Waals surface area contributed by atoms with Crippen LogP contribution in [0.1, 0.15) is 13.3 Å². The molecule has 10 heavy (non-hydrogen) atoms. The van der Waals surface area contributed by atoms with Crippen molar-refractivity contribution in [2.24, 2.45) is 0 Å². The summed E-state index contributed by atoms with van der Waals surface area (Å²) < 4.78 is 15.6. The second kappa shape index (κ2) is 5.66. The van der Waals surface area contributed by atoms with Crippen molar-refractivity contribution in [3.8, 4) is 0 Å². The first kappa shape index (κ1) is 9.89. The average molecular weight is 164 g/mol. The maximum absolute atomic E-state index is 10.9. The molecule has 0 saturated carbocycles. The average Bonchev–Trinajstić information content (AvgIpc) is 1.98. The number of aliphatic hydroxyl groups excluding tert-OH is 1. The van der Waals surface area contributed by atoms with Crippen LogP contribution in [0.5, 0.6) is 0 Å². The third-order valence-corrected chi connectivity index (χ3v) is 2.44. The van der Waals surface area contributed by atoms with Crippen molar-refractivity contribution >= 4 is 8.03 Å². The van der Waals surface area contributed by atoms with E-state index < -0.39 is 8.03 Å². The van der Waals surface area contributed by atoms with E-state index in [4.69, 9.17) is 9.63 Å². The predicted octanol–water partition coefficient (Wildman–Crippen LogP) is 1.39. The first-order valence-electron chi connectivity index (χ1n) is 3.18. The van der Waals surface area contributed by atoms with Gasteiger partial charge in [0.1, 0.15) is 0 Å². The van der Waals surface area contributed by atoms with Crippen LogP contribution >= 0.6 is 8.03 Å². The molecule has 0 spiro atoms. The van der Waals surface area contributed by atoms with Crippen LogP contribution in [0, 0.1) is 0 Å². The number of aliphatic hydroxyl groups is 1. The molecule has 3 nitrogen and oxygen atoms in total. The molecule has 0 aliphatic heterocycles. The van der Waals surface area contributed by atoms with Crippen molar-refractivity contribution in [2.45, 2.75) is 13.3 Å². The lowest BCUT2D eigenvalue weighted by atomic mass is 10.5. The van der Waals surface area contributed by atoms with Gasteiger partial charge in [-0.2, -0.15) is 0 Å². The fourth-order valence-corrected chi connectivity index (χ4v) is 1.15. The predicted molar refractivity (Wildman–Crippen MR) is 41.5 cm³/mol. The van der Waals surface area contributed by atoms with E-state index in [9.17, 15) is 4.57 Å². The smallest absolute Gasteiger partial charge is 0.216 e. The third kappa shape index (κ3) is 3.83. The van der Waals surface area contributed by atoms with Crippen molar-refractivity contribution in [3.63, 3.8) is 0 Å². The van der Waals surface area contributed by atoms with Gasteiger partial charge >= 0.3 is 0 Å². The van der Waals surface area contributed by atoms with Crippen LogP contribution in [0.2, 0.25) is 0 Å². The monoisotopic (exact) mass is 164 g/mol. The molecule has 0 bridgehead atoms. The van der Waals surface area contributed by atoms with Crippen LogP contribution in [-0.2, 0) is 9.09 Å². The molecule has 60 valence electrons. The van der Waals surface area contributed by atoms with Crippen molar-refractivity contribution in [3.05, 3.63) is 11.9 Å². The van der Waals surface area contributed by atoms with Gasteiger partial charge in [0.15, 0.2) is 0 Å². The van der Waals surface area contributed by atoms with E-state index in [0.29, 0.717) is 11.7 Å². The van der Waals surface area contributed by atoms with Crippen molar-refractivity contribution in [1.82, 2.24) is 0 Å². The van der Waals surface area contributed by atoms with E-state index in [2.05, 4.69) is 6.58 Å². The van der Waals surface area contributed by atoms with Crippen molar-refractivity contribution in [1.29, 1.82) is 0 Å². The lowest BCUT2D eigenvalue weighted by Crippen LogP contribution is -1.92. The Balaban J connectivity index is 3.52. The highest BCUT2D eigenvalue weighted by molar-refractivity contribution is 7.44. The first-order valence-corrected chi connectivity index (χ1v) is 4.49. The lowest BCUT2D eigenvalue weighted by molar-refractivity contribution is 0.209. The second-order valence-electron chi connectivity index (χ2n) is 1.82. The quantitative estimate of drug-likeness (QED) is 0.624. The summed E-state index contributed by atoms with van der Waals surface area (Å²) in [6.07, 6.45) is 0.670. The minimum absolute atomic E-state index is 0.0899. The van der Waals surface area contributed by atoms with Gasteiger partial charge in [0.25, 0.3) is 0 Å². The van der Waals surface area contributed by atoms with Crippen molar-refractivity contribution in [2.75, 3.05) is 13.2 Å². The van der Waals surface area contributed by atoms with E-state index in [1.165, 1.54) is 0 Å². The molecule has 1 N–H and O–H groups in total. The van der Waals surface area contributed by atoms with Crippen LogP contribution in [0.4, 0.5) is 0 Å². The van der Waals surface area contributed by atoms with E-state index in [0.717, 1.165) is 0 Å². The molecule has 0 aromatic carbocycles. The number of allylic oxidation sites excluding steroid dienone is 1. The molecule has 0 aromatic rings. The van der Waals surface area contributed by atoms with Gasteiger partial charge in [0.2, 0.25) is 8.03 Å². The Morgan fingerprint density at radius 2 is 2.40 bits per heavy atom. The molecular weight excluding hydrogens is 151 g/mol. The SMILES string of the molecule is C=C(CC)[PH](=O)OCCO. The number of hydrogen-bond acceptors (Lipinski definition) is 3. The van der Waals surface area contributed by atoms with Gasteiger partial charge in [-0.1, -0.05) is 13.5 Å². The summed E-state index contributed by atoms with van der Waals surface area (Å²) in [6.45, 7) is 5.47. The minimum atomic E-state index is -2.09. The summed E-state index contributed by atoms with van der Waals surface area (Å²) >= 11 is 0. The summed E-state index contributed by atoms with van der Waals surface area (Å²) in [7, 11) is -2.09. The summed E-state index contributed by atoms with van der Waals surface area (Å²) in [4.78, 5) is 0. The van der Waals surface area contributed by atoms with Crippen LogP contribution in [0.25, 0.3) is 0 Å². The minimum Gasteiger partial charge on any atom is -0.394 e. The summed E-state index contributed by atoms with van der Waals surface area (Å²) in [5.74, 6) is 0. The normalized spacial score (nSPS) is 13.0. The molecule has 1 unspecified atom stereocenters. The Bertz CT molecular complexity index is 133. The Kier molecular flexibility index (Phi) is 5.60. The topological polar surface area (TPSA) is 46.5 Å². The van der Waals surface area contributed by atoms with Gasteiger partial charge in [0, 0.05) is 5.31 Å². The highest BCUT2D eigenvalue weighted by Gasteiger charge is 2.00.